The molecule has 4 aromatic rings. The molecule has 196 valence electrons. The number of aromatic nitrogens is 2. The summed E-state index contributed by atoms with van der Waals surface area (Å²) in [6, 6.07) is 21.0. The van der Waals surface area contributed by atoms with Gasteiger partial charge in [-0.15, -0.1) is 0 Å². The van der Waals surface area contributed by atoms with E-state index in [0.29, 0.717) is 29.9 Å². The molecule has 3 aromatic carbocycles. The Labute approximate surface area is 222 Å². The summed E-state index contributed by atoms with van der Waals surface area (Å²) in [4.78, 5) is 31.4. The summed E-state index contributed by atoms with van der Waals surface area (Å²) in [6.07, 6.45) is -0.372. The fourth-order valence-electron chi connectivity index (χ4n) is 4.75. The highest BCUT2D eigenvalue weighted by Gasteiger charge is 2.25. The number of carbonyl (C=O) groups excluding carboxylic acids is 1. The molecule has 2 heterocycles. The van der Waals surface area contributed by atoms with Crippen molar-refractivity contribution in [3.05, 3.63) is 93.8 Å². The predicted octanol–water partition coefficient (Wildman–Crippen LogP) is 4.49. The lowest BCUT2D eigenvalue weighted by molar-refractivity contribution is 0.152. The fraction of sp³-hybridized carbons (Fsp3) is 0.300. The van der Waals surface area contributed by atoms with Gasteiger partial charge in [0.1, 0.15) is 5.75 Å². The lowest BCUT2D eigenvalue weighted by Crippen LogP contribution is -2.30. The molecular formula is C30H33N5O3. The Balaban J connectivity index is 1.21. The highest BCUT2D eigenvalue weighted by Crippen LogP contribution is 2.28. The van der Waals surface area contributed by atoms with Crippen LogP contribution in [0.2, 0.25) is 0 Å². The van der Waals surface area contributed by atoms with Gasteiger partial charge in [-0.1, -0.05) is 43.3 Å². The number of nitrogens with one attached hydrogen (secondary N) is 1. The number of hydrogen-bond acceptors (Lipinski definition) is 6. The van der Waals surface area contributed by atoms with Gasteiger partial charge in [-0.3, -0.25) is 9.69 Å². The van der Waals surface area contributed by atoms with Crippen LogP contribution < -0.4 is 10.3 Å². The number of rotatable bonds is 8. The van der Waals surface area contributed by atoms with E-state index in [1.54, 1.807) is 23.1 Å². The average Bonchev–Trinajstić information content (AvgIpc) is 3.36. The minimum absolute atomic E-state index is 0.222. The maximum Gasteiger partial charge on any atom is 0.415 e. The van der Waals surface area contributed by atoms with Gasteiger partial charge in [0.05, 0.1) is 11.1 Å². The van der Waals surface area contributed by atoms with Gasteiger partial charge in [0.2, 0.25) is 0 Å². The summed E-state index contributed by atoms with van der Waals surface area (Å²) >= 11 is 0. The van der Waals surface area contributed by atoms with Crippen molar-refractivity contribution in [2.45, 2.75) is 26.6 Å². The third-order valence-corrected chi connectivity index (χ3v) is 7.14. The zero-order valence-corrected chi connectivity index (χ0v) is 22.1. The van der Waals surface area contributed by atoms with E-state index in [2.05, 4.69) is 59.2 Å². The summed E-state index contributed by atoms with van der Waals surface area (Å²) in [5.41, 5.74) is 4.85. The van der Waals surface area contributed by atoms with Crippen LogP contribution in [0.25, 0.3) is 22.0 Å². The third kappa shape index (κ3) is 5.61. The Morgan fingerprint density at radius 2 is 1.66 bits per heavy atom. The van der Waals surface area contributed by atoms with Crippen molar-refractivity contribution >= 4 is 16.9 Å². The smallest absolute Gasteiger partial charge is 0.410 e. The van der Waals surface area contributed by atoms with Crippen molar-refractivity contribution in [1.29, 1.82) is 0 Å². The molecule has 0 unspecified atom stereocenters. The van der Waals surface area contributed by atoms with E-state index in [1.165, 1.54) is 11.1 Å². The molecule has 0 atom stereocenters. The zero-order chi connectivity index (χ0) is 26.6. The summed E-state index contributed by atoms with van der Waals surface area (Å²) in [5, 5.41) is 8.16. The monoisotopic (exact) mass is 511 g/mol. The molecule has 8 heteroatoms. The number of aromatic amines is 1. The number of H-pyrrole nitrogens is 1. The molecule has 0 saturated heterocycles. The molecular weight excluding hydrogens is 478 g/mol. The van der Waals surface area contributed by atoms with Gasteiger partial charge < -0.3 is 14.5 Å². The van der Waals surface area contributed by atoms with Gasteiger partial charge in [0.15, 0.2) is 0 Å². The Bertz CT molecular complexity index is 1500. The van der Waals surface area contributed by atoms with Crippen LogP contribution in [0.3, 0.4) is 0 Å². The van der Waals surface area contributed by atoms with Crippen molar-refractivity contribution in [2.24, 2.45) is 0 Å². The average molecular weight is 512 g/mol. The van der Waals surface area contributed by atoms with Gasteiger partial charge in [-0.25, -0.2) is 9.89 Å². The van der Waals surface area contributed by atoms with Crippen LogP contribution in [0.5, 0.6) is 5.75 Å². The molecule has 8 nitrogen and oxygen atoms in total. The first-order chi connectivity index (χ1) is 18.4. The molecule has 1 aliphatic rings. The molecule has 1 aliphatic heterocycles. The van der Waals surface area contributed by atoms with E-state index in [1.807, 2.05) is 30.3 Å². The number of carbonyl (C=O) groups is 1. The zero-order valence-electron chi connectivity index (χ0n) is 22.1. The molecule has 1 amide bonds. The molecule has 0 fully saturated rings. The van der Waals surface area contributed by atoms with Crippen LogP contribution in [-0.2, 0) is 19.6 Å². The Morgan fingerprint density at radius 3 is 2.42 bits per heavy atom. The fourth-order valence-corrected chi connectivity index (χ4v) is 4.75. The molecule has 1 aromatic heterocycles. The summed E-state index contributed by atoms with van der Waals surface area (Å²) in [6.45, 7) is 7.21. The predicted molar refractivity (Wildman–Crippen MR) is 149 cm³/mol. The van der Waals surface area contributed by atoms with Crippen LogP contribution >= 0.6 is 0 Å². The van der Waals surface area contributed by atoms with E-state index in [0.717, 1.165) is 42.7 Å². The van der Waals surface area contributed by atoms with Crippen molar-refractivity contribution in [3.63, 3.8) is 0 Å². The molecule has 0 saturated carbocycles. The summed E-state index contributed by atoms with van der Waals surface area (Å²) < 4.78 is 5.68. The molecule has 0 bridgehead atoms. The van der Waals surface area contributed by atoms with Crippen molar-refractivity contribution in [3.8, 4) is 17.0 Å². The molecule has 1 N–H and O–H groups in total. The van der Waals surface area contributed by atoms with Crippen molar-refractivity contribution in [1.82, 2.24) is 24.9 Å². The quantitative estimate of drug-likeness (QED) is 0.376. The van der Waals surface area contributed by atoms with Gasteiger partial charge in [0, 0.05) is 43.7 Å². The van der Waals surface area contributed by atoms with Crippen LogP contribution in [0.4, 0.5) is 4.79 Å². The van der Waals surface area contributed by atoms with Crippen molar-refractivity contribution in [2.75, 3.05) is 33.7 Å². The van der Waals surface area contributed by atoms with Crippen LogP contribution in [0.15, 0.2) is 71.5 Å². The Kier molecular flexibility index (Phi) is 7.53. The van der Waals surface area contributed by atoms with E-state index in [9.17, 15) is 9.59 Å². The normalized spacial score (nSPS) is 12.9. The van der Waals surface area contributed by atoms with Crippen LogP contribution in [0.1, 0.15) is 23.6 Å². The Morgan fingerprint density at radius 1 is 0.947 bits per heavy atom. The maximum atomic E-state index is 12.9. The molecule has 0 radical (unpaired) electrons. The first-order valence-corrected chi connectivity index (χ1v) is 12.9. The highest BCUT2D eigenvalue weighted by molar-refractivity contribution is 5.93. The second-order valence-electron chi connectivity index (χ2n) is 9.93. The second-order valence-corrected chi connectivity index (χ2v) is 9.93. The lowest BCUT2D eigenvalue weighted by Gasteiger charge is -2.21. The second kappa shape index (κ2) is 11.2. The standard InChI is InChI=1S/C30H33N5O3/c1-4-33(2)15-16-34(3)18-21-9-10-23-19-35(20-24(23)17-21)30(37)38-25-13-11-22(12-14-25)28-26-7-5-6-8-27(26)29(36)32-31-28/h5-14,17H,4,15-16,18-20H2,1-3H3,(H,32,36). The van der Waals surface area contributed by atoms with Gasteiger partial charge in [-0.2, -0.15) is 5.10 Å². The first kappa shape index (κ1) is 25.6. The number of fused-ring (bicyclic) bond motifs is 2. The van der Waals surface area contributed by atoms with E-state index >= 15 is 0 Å². The largest absolute Gasteiger partial charge is 0.415 e. The number of amides is 1. The first-order valence-electron chi connectivity index (χ1n) is 12.9. The van der Waals surface area contributed by atoms with Gasteiger partial charge in [-0.05, 0) is 67.7 Å². The topological polar surface area (TPSA) is 81.8 Å². The number of hydrogen-bond donors (Lipinski definition) is 1. The van der Waals surface area contributed by atoms with Crippen LogP contribution in [0, 0.1) is 0 Å². The summed E-state index contributed by atoms with van der Waals surface area (Å²) in [5.74, 6) is 0.461. The molecule has 0 spiro atoms. The minimum atomic E-state index is -0.372. The number of benzene rings is 3. The minimum Gasteiger partial charge on any atom is -0.410 e. The maximum absolute atomic E-state index is 12.9. The third-order valence-electron chi connectivity index (χ3n) is 7.14. The number of nitrogens with zero attached hydrogens (tertiary/aromatic N) is 4. The Hall–Kier alpha value is -4.01. The molecule has 0 aliphatic carbocycles. The SMILES string of the molecule is CCN(C)CCN(C)Cc1ccc2c(c1)CN(C(=O)Oc1ccc(-c3n[nH]c(=O)c4ccccc34)cc1)C2. The van der Waals surface area contributed by atoms with Crippen molar-refractivity contribution < 1.29 is 9.53 Å². The highest BCUT2D eigenvalue weighted by atomic mass is 16.6. The number of ether oxygens (including phenoxy) is 1. The lowest BCUT2D eigenvalue weighted by atomic mass is 10.1. The van der Waals surface area contributed by atoms with E-state index in [-0.39, 0.29) is 11.7 Å². The van der Waals surface area contributed by atoms with E-state index in [4.69, 9.17) is 4.74 Å². The van der Waals surface area contributed by atoms with Gasteiger partial charge >= 0.3 is 6.09 Å². The van der Waals surface area contributed by atoms with E-state index < -0.39 is 0 Å². The summed E-state index contributed by atoms with van der Waals surface area (Å²) in [7, 11) is 4.28. The van der Waals surface area contributed by atoms with Crippen LogP contribution in [-0.4, -0.2) is 64.7 Å². The molecule has 5 rings (SSSR count). The molecule has 38 heavy (non-hydrogen) atoms. The number of likely N-dealkylation sites (N-methyl/N-ethyl adjacent to an activating group) is 2. The van der Waals surface area contributed by atoms with Gasteiger partial charge in [0.25, 0.3) is 5.56 Å².